The van der Waals surface area contributed by atoms with Gasteiger partial charge in [-0.15, -0.1) is 13.2 Å². The van der Waals surface area contributed by atoms with Gasteiger partial charge in [0.1, 0.15) is 5.75 Å². The van der Waals surface area contributed by atoms with Crippen LogP contribution in [0, 0.1) is 0 Å². The molecule has 6 heteroatoms. The molecule has 0 aliphatic rings. The molecule has 0 bridgehead atoms. The number of furan rings is 1. The summed E-state index contributed by atoms with van der Waals surface area (Å²) >= 11 is 0. The topological polar surface area (TPSA) is 39.4 Å². The van der Waals surface area contributed by atoms with E-state index in [1.165, 1.54) is 24.7 Å². The fourth-order valence-electron chi connectivity index (χ4n) is 1.52. The van der Waals surface area contributed by atoms with Crippen LogP contribution in [-0.2, 0) is 6.42 Å². The second-order valence-corrected chi connectivity index (χ2v) is 3.80. The van der Waals surface area contributed by atoms with Gasteiger partial charge in [-0.2, -0.15) is 0 Å². The average molecular weight is 270 g/mol. The van der Waals surface area contributed by atoms with E-state index in [9.17, 15) is 18.0 Å². The van der Waals surface area contributed by atoms with Crippen molar-refractivity contribution in [2.24, 2.45) is 0 Å². The monoisotopic (exact) mass is 270 g/mol. The van der Waals surface area contributed by atoms with Crippen LogP contribution >= 0.6 is 0 Å². The summed E-state index contributed by atoms with van der Waals surface area (Å²) < 4.78 is 44.4. The summed E-state index contributed by atoms with van der Waals surface area (Å²) in [6.45, 7) is 0. The summed E-state index contributed by atoms with van der Waals surface area (Å²) in [6, 6.07) is 6.46. The van der Waals surface area contributed by atoms with Crippen molar-refractivity contribution in [1.82, 2.24) is 0 Å². The molecule has 0 saturated carbocycles. The highest BCUT2D eigenvalue weighted by molar-refractivity contribution is 5.97. The number of hydrogen-bond donors (Lipinski definition) is 0. The molecule has 2 aromatic rings. The molecule has 100 valence electrons. The maximum Gasteiger partial charge on any atom is 0.573 e. The van der Waals surface area contributed by atoms with Crippen molar-refractivity contribution in [2.45, 2.75) is 12.8 Å². The van der Waals surface area contributed by atoms with Gasteiger partial charge in [0, 0.05) is 12.0 Å². The van der Waals surface area contributed by atoms with Gasteiger partial charge >= 0.3 is 6.36 Å². The fourth-order valence-corrected chi connectivity index (χ4v) is 1.52. The van der Waals surface area contributed by atoms with Crippen molar-refractivity contribution in [3.8, 4) is 5.75 Å². The van der Waals surface area contributed by atoms with E-state index in [2.05, 4.69) is 4.74 Å². The van der Waals surface area contributed by atoms with Crippen molar-refractivity contribution in [3.05, 3.63) is 54.0 Å². The molecule has 0 N–H and O–H groups in total. The second-order valence-electron chi connectivity index (χ2n) is 3.80. The highest BCUT2D eigenvalue weighted by Crippen LogP contribution is 2.23. The lowest BCUT2D eigenvalue weighted by atomic mass is 10.1. The third-order valence-electron chi connectivity index (χ3n) is 2.35. The zero-order valence-electron chi connectivity index (χ0n) is 9.61. The summed E-state index contributed by atoms with van der Waals surface area (Å²) in [5.74, 6) is -0.563. The number of carbonyl (C=O) groups is 1. The molecule has 1 aromatic heterocycles. The Labute approximate surface area is 106 Å². The quantitative estimate of drug-likeness (QED) is 0.797. The van der Waals surface area contributed by atoms with Gasteiger partial charge in [-0.25, -0.2) is 0 Å². The molecule has 0 atom stereocenters. The minimum Gasteiger partial charge on any atom is -0.472 e. The highest BCUT2D eigenvalue weighted by Gasteiger charge is 2.31. The third-order valence-corrected chi connectivity index (χ3v) is 2.35. The largest absolute Gasteiger partial charge is 0.573 e. The fraction of sp³-hybridized carbons (Fsp3) is 0.154. The van der Waals surface area contributed by atoms with Crippen LogP contribution in [0.25, 0.3) is 0 Å². The second kappa shape index (κ2) is 5.17. The molecular formula is C13H9F3O3. The van der Waals surface area contributed by atoms with Gasteiger partial charge in [-0.3, -0.25) is 4.79 Å². The first kappa shape index (κ1) is 13.2. The predicted molar refractivity (Wildman–Crippen MR) is 59.9 cm³/mol. The van der Waals surface area contributed by atoms with Crippen LogP contribution in [0.15, 0.2) is 47.3 Å². The number of hydrogen-bond acceptors (Lipinski definition) is 3. The lowest BCUT2D eigenvalue weighted by molar-refractivity contribution is -0.274. The molecular weight excluding hydrogens is 261 g/mol. The van der Waals surface area contributed by atoms with Crippen LogP contribution < -0.4 is 4.74 Å². The van der Waals surface area contributed by atoms with E-state index >= 15 is 0 Å². The molecule has 0 aliphatic carbocycles. The van der Waals surface area contributed by atoms with Crippen LogP contribution in [0.5, 0.6) is 5.75 Å². The van der Waals surface area contributed by atoms with Crippen molar-refractivity contribution in [1.29, 1.82) is 0 Å². The lowest BCUT2D eigenvalue weighted by Gasteiger charge is -2.08. The Morgan fingerprint density at radius 2 is 1.84 bits per heavy atom. The number of alkyl halides is 3. The Morgan fingerprint density at radius 1 is 1.16 bits per heavy atom. The van der Waals surface area contributed by atoms with Crippen molar-refractivity contribution in [3.63, 3.8) is 0 Å². The molecule has 0 aliphatic heterocycles. The Balaban J connectivity index is 2.04. The molecule has 0 amide bonds. The third kappa shape index (κ3) is 3.87. The van der Waals surface area contributed by atoms with Crippen molar-refractivity contribution >= 4 is 5.78 Å². The SMILES string of the molecule is O=C(Cc1ccoc1)c1ccc(OC(F)(F)F)cc1. The van der Waals surface area contributed by atoms with Crippen LogP contribution in [0.3, 0.4) is 0 Å². The summed E-state index contributed by atoms with van der Waals surface area (Å²) in [5, 5.41) is 0. The van der Waals surface area contributed by atoms with Gasteiger partial charge in [-0.1, -0.05) is 0 Å². The van der Waals surface area contributed by atoms with E-state index in [-0.39, 0.29) is 18.0 Å². The Bertz CT molecular complexity index is 542. The maximum atomic E-state index is 12.0. The number of ether oxygens (including phenoxy) is 1. The number of benzene rings is 1. The molecule has 0 radical (unpaired) electrons. The Hall–Kier alpha value is -2.24. The zero-order valence-corrected chi connectivity index (χ0v) is 9.61. The number of halogens is 3. The molecule has 19 heavy (non-hydrogen) atoms. The molecule has 0 fully saturated rings. The summed E-state index contributed by atoms with van der Waals surface area (Å²) in [4.78, 5) is 11.8. The first-order valence-electron chi connectivity index (χ1n) is 5.34. The van der Waals surface area contributed by atoms with Gasteiger partial charge in [0.05, 0.1) is 12.5 Å². The van der Waals surface area contributed by atoms with E-state index in [0.29, 0.717) is 11.1 Å². The molecule has 0 saturated heterocycles. The molecule has 2 rings (SSSR count). The lowest BCUT2D eigenvalue weighted by Crippen LogP contribution is -2.17. The zero-order chi connectivity index (χ0) is 13.9. The molecule has 1 heterocycles. The van der Waals surface area contributed by atoms with Crippen molar-refractivity contribution < 1.29 is 27.1 Å². The standard InChI is InChI=1S/C13H9F3O3/c14-13(15,16)19-11-3-1-10(2-4-11)12(17)7-9-5-6-18-8-9/h1-6,8H,7H2. The van der Waals surface area contributed by atoms with E-state index in [0.717, 1.165) is 12.1 Å². The summed E-state index contributed by atoms with van der Waals surface area (Å²) in [6.07, 6.45) is -1.71. The van der Waals surface area contributed by atoms with E-state index in [1.54, 1.807) is 6.07 Å². The van der Waals surface area contributed by atoms with E-state index < -0.39 is 6.36 Å². The normalized spacial score (nSPS) is 11.3. The van der Waals surface area contributed by atoms with Gasteiger partial charge in [0.2, 0.25) is 0 Å². The van der Waals surface area contributed by atoms with Crippen LogP contribution in [0.1, 0.15) is 15.9 Å². The smallest absolute Gasteiger partial charge is 0.472 e. The number of Topliss-reactive ketones (excluding diaryl/α,β-unsaturated/α-hetero) is 1. The number of rotatable bonds is 4. The van der Waals surface area contributed by atoms with Gasteiger partial charge in [-0.05, 0) is 35.9 Å². The Morgan fingerprint density at radius 3 is 2.37 bits per heavy atom. The summed E-state index contributed by atoms with van der Waals surface area (Å²) in [7, 11) is 0. The number of carbonyl (C=O) groups excluding carboxylic acids is 1. The molecule has 0 unspecified atom stereocenters. The summed E-state index contributed by atoms with van der Waals surface area (Å²) in [5.41, 5.74) is 1.02. The van der Waals surface area contributed by atoms with E-state index in [4.69, 9.17) is 4.42 Å². The molecule has 3 nitrogen and oxygen atoms in total. The maximum absolute atomic E-state index is 12.0. The van der Waals surface area contributed by atoms with Crippen LogP contribution in [0.2, 0.25) is 0 Å². The minimum absolute atomic E-state index is 0.135. The van der Waals surface area contributed by atoms with Crippen LogP contribution in [-0.4, -0.2) is 12.1 Å². The van der Waals surface area contributed by atoms with Gasteiger partial charge < -0.3 is 9.15 Å². The predicted octanol–water partition coefficient (Wildman–Crippen LogP) is 3.60. The Kier molecular flexibility index (Phi) is 3.59. The van der Waals surface area contributed by atoms with Crippen LogP contribution in [0.4, 0.5) is 13.2 Å². The van der Waals surface area contributed by atoms with Gasteiger partial charge in [0.15, 0.2) is 5.78 Å². The minimum atomic E-state index is -4.73. The first-order chi connectivity index (χ1) is 8.94. The first-order valence-corrected chi connectivity index (χ1v) is 5.34. The number of ketones is 1. The molecule has 1 aromatic carbocycles. The average Bonchev–Trinajstić information content (AvgIpc) is 2.80. The van der Waals surface area contributed by atoms with Gasteiger partial charge in [0.25, 0.3) is 0 Å². The van der Waals surface area contributed by atoms with E-state index in [1.807, 2.05) is 0 Å². The molecule has 0 spiro atoms. The highest BCUT2D eigenvalue weighted by atomic mass is 19.4. The van der Waals surface area contributed by atoms with Crippen molar-refractivity contribution in [2.75, 3.05) is 0 Å².